The predicted molar refractivity (Wildman–Crippen MR) is 48.8 cm³/mol. The van der Waals surface area contributed by atoms with Crippen LogP contribution in [-0.4, -0.2) is 50.3 Å². The Bertz CT molecular complexity index is 214. The van der Waals surface area contributed by atoms with Gasteiger partial charge < -0.3 is 14.9 Å². The number of hydrogen-bond acceptors (Lipinski definition) is 3. The summed E-state index contributed by atoms with van der Waals surface area (Å²) in [5.41, 5.74) is 0. The fourth-order valence-corrected chi connectivity index (χ4v) is 2.64. The van der Waals surface area contributed by atoms with Gasteiger partial charge in [-0.25, -0.2) is 4.39 Å². The van der Waals surface area contributed by atoms with Gasteiger partial charge in [-0.05, 0) is 25.9 Å². The lowest BCUT2D eigenvalue weighted by Crippen LogP contribution is -2.52. The molecule has 2 aliphatic rings. The zero-order valence-electron chi connectivity index (χ0n) is 7.61. The number of nitrogens with zero attached hydrogens (tertiary/aromatic N) is 1. The Hall–Kier alpha value is -0.415. The highest BCUT2D eigenvalue weighted by Gasteiger charge is 2.51. The minimum absolute atomic E-state index is 0.0127. The lowest BCUT2D eigenvalue weighted by Gasteiger charge is -2.32. The van der Waals surface area contributed by atoms with Crippen molar-refractivity contribution in [2.24, 2.45) is 5.92 Å². The number of hydrogen-bond donors (Lipinski definition) is 1. The van der Waals surface area contributed by atoms with Crippen LogP contribution in [0.15, 0.2) is 0 Å². The first-order valence-electron chi connectivity index (χ1n) is 4.63. The average molecular weight is 183 g/mol. The fraction of sp³-hybridized carbons (Fsp3) is 0.875. The highest BCUT2D eigenvalue weighted by Crippen LogP contribution is 2.38. The van der Waals surface area contributed by atoms with Crippen molar-refractivity contribution in [2.45, 2.75) is 24.7 Å². The van der Waals surface area contributed by atoms with E-state index in [-0.39, 0.29) is 12.1 Å². The van der Waals surface area contributed by atoms with Gasteiger partial charge in [0.25, 0.3) is 7.41 Å². The van der Waals surface area contributed by atoms with Crippen LogP contribution >= 0.6 is 0 Å². The van der Waals surface area contributed by atoms with E-state index < -0.39 is 6.17 Å². The van der Waals surface area contributed by atoms with Crippen LogP contribution < -0.4 is 5.32 Å². The molecule has 2 unspecified atom stereocenters. The number of carbonyl (C=O) groups excluding carboxylic acids is 1. The number of nitrogens with one attached hydrogen (secondary N) is 1. The van der Waals surface area contributed by atoms with Gasteiger partial charge >= 0.3 is 0 Å². The van der Waals surface area contributed by atoms with Crippen LogP contribution in [0.4, 0.5) is 4.39 Å². The fourth-order valence-electron chi connectivity index (χ4n) is 2.64. The average Bonchev–Trinajstić information content (AvgIpc) is 2.62. The molecule has 2 fully saturated rings. The van der Waals surface area contributed by atoms with Gasteiger partial charge in [0, 0.05) is 12.1 Å². The Balaban J connectivity index is 2.03. The van der Waals surface area contributed by atoms with Crippen molar-refractivity contribution in [3.63, 3.8) is 0 Å². The van der Waals surface area contributed by atoms with E-state index in [9.17, 15) is 9.18 Å². The van der Waals surface area contributed by atoms with E-state index in [4.69, 9.17) is 0 Å². The Labute approximate surface area is 77.9 Å². The van der Waals surface area contributed by atoms with E-state index in [1.54, 1.807) is 7.05 Å². The van der Waals surface area contributed by atoms with Crippen molar-refractivity contribution >= 4 is 13.6 Å². The van der Waals surface area contributed by atoms with Crippen molar-refractivity contribution in [1.29, 1.82) is 0 Å². The third-order valence-electron chi connectivity index (χ3n) is 3.22. The van der Waals surface area contributed by atoms with E-state index in [0.717, 1.165) is 19.2 Å². The predicted octanol–water partition coefficient (Wildman–Crippen LogP) is -0.574. The van der Waals surface area contributed by atoms with E-state index >= 15 is 0 Å². The van der Waals surface area contributed by atoms with E-state index in [2.05, 4.69) is 5.32 Å². The molecule has 0 aromatic carbocycles. The maximum Gasteiger partial charge on any atom is 0.293 e. The van der Waals surface area contributed by atoms with Crippen molar-refractivity contribution in [1.82, 2.24) is 10.1 Å². The number of carbonyl (C=O) groups is 1. The van der Waals surface area contributed by atoms with E-state index in [1.165, 1.54) is 7.41 Å². The molecule has 5 heteroatoms. The molecule has 1 heterocycles. The van der Waals surface area contributed by atoms with Crippen LogP contribution in [0.1, 0.15) is 6.42 Å². The molecule has 1 radical (unpaired) electrons. The smallest absolute Gasteiger partial charge is 0.293 e. The molecule has 0 amide bonds. The standard InChI is InChI=1S/C8H13BFN2O/c1-11-8-5-2-6(7(8)10)12(3-5)9-4-13/h4-8,11H,2-3H2,1H3/t5?,6?,7-,8+/m1/s1. The maximum atomic E-state index is 13.6. The van der Waals surface area contributed by atoms with Gasteiger partial charge in [-0.2, -0.15) is 0 Å². The molecule has 0 aromatic heterocycles. The topological polar surface area (TPSA) is 32.3 Å². The normalized spacial score (nSPS) is 43.8. The van der Waals surface area contributed by atoms with Crippen molar-refractivity contribution in [3.8, 4) is 0 Å². The Morgan fingerprint density at radius 3 is 3.00 bits per heavy atom. The quantitative estimate of drug-likeness (QED) is 0.469. The summed E-state index contributed by atoms with van der Waals surface area (Å²) in [5.74, 6) is 0.362. The summed E-state index contributed by atoms with van der Waals surface area (Å²) in [6, 6.07) is -0.0889. The lowest BCUT2D eigenvalue weighted by molar-refractivity contribution is 0.151. The largest absolute Gasteiger partial charge is 0.334 e. The second-order valence-electron chi connectivity index (χ2n) is 3.80. The zero-order valence-corrected chi connectivity index (χ0v) is 7.61. The number of halogens is 1. The first-order chi connectivity index (χ1) is 6.27. The number of piperidine rings is 1. The van der Waals surface area contributed by atoms with Crippen LogP contribution in [0, 0.1) is 5.92 Å². The molecule has 2 rings (SSSR count). The Kier molecular flexibility index (Phi) is 2.38. The summed E-state index contributed by atoms with van der Waals surface area (Å²) in [4.78, 5) is 12.1. The second kappa shape index (κ2) is 3.38. The van der Waals surface area contributed by atoms with Gasteiger partial charge in [0.1, 0.15) is 6.17 Å². The molecule has 1 saturated carbocycles. The summed E-state index contributed by atoms with van der Waals surface area (Å²) >= 11 is 0. The molecule has 1 aliphatic heterocycles. The minimum Gasteiger partial charge on any atom is -0.334 e. The van der Waals surface area contributed by atoms with Crippen LogP contribution in [0.5, 0.6) is 0 Å². The van der Waals surface area contributed by atoms with Crippen molar-refractivity contribution < 1.29 is 9.18 Å². The SMILES string of the molecule is CN[C@H]1C2CC([C@H]1F)N([B]C=O)C2. The molecule has 1 N–H and O–H groups in total. The Morgan fingerprint density at radius 1 is 1.69 bits per heavy atom. The van der Waals surface area contributed by atoms with E-state index in [1.807, 2.05) is 4.81 Å². The summed E-state index contributed by atoms with van der Waals surface area (Å²) in [6.45, 7) is 0.815. The van der Waals surface area contributed by atoms with Gasteiger partial charge in [-0.1, -0.05) is 0 Å². The molecule has 1 saturated heterocycles. The second-order valence-corrected chi connectivity index (χ2v) is 3.80. The number of fused-ring (bicyclic) bond motifs is 2. The highest BCUT2D eigenvalue weighted by molar-refractivity contribution is 6.64. The van der Waals surface area contributed by atoms with Crippen molar-refractivity contribution in [3.05, 3.63) is 0 Å². The lowest BCUT2D eigenvalue weighted by atomic mass is 9.89. The molecule has 2 bridgehead atoms. The van der Waals surface area contributed by atoms with Gasteiger partial charge in [-0.15, -0.1) is 0 Å². The number of alkyl halides is 1. The van der Waals surface area contributed by atoms with Gasteiger partial charge in [0.15, 0.2) is 0 Å². The third-order valence-corrected chi connectivity index (χ3v) is 3.22. The Morgan fingerprint density at radius 2 is 2.46 bits per heavy atom. The minimum atomic E-state index is -0.833. The summed E-state index contributed by atoms with van der Waals surface area (Å²) in [6.07, 6.45) is 0.777. The maximum absolute atomic E-state index is 13.6. The molecule has 0 spiro atoms. The molecular formula is C8H13BFN2O. The molecule has 4 atom stereocenters. The molecule has 1 aliphatic carbocycles. The molecular weight excluding hydrogens is 170 g/mol. The van der Waals surface area contributed by atoms with Gasteiger partial charge in [0.2, 0.25) is 0 Å². The molecule has 0 aromatic rings. The molecule has 13 heavy (non-hydrogen) atoms. The summed E-state index contributed by atoms with van der Waals surface area (Å²) < 4.78 is 13.6. The monoisotopic (exact) mass is 183 g/mol. The highest BCUT2D eigenvalue weighted by atomic mass is 19.1. The van der Waals surface area contributed by atoms with Gasteiger partial charge in [0.05, 0.1) is 6.19 Å². The first-order valence-corrected chi connectivity index (χ1v) is 4.63. The van der Waals surface area contributed by atoms with Crippen LogP contribution in [0.3, 0.4) is 0 Å². The molecule has 3 nitrogen and oxygen atoms in total. The summed E-state index contributed by atoms with van der Waals surface area (Å²) in [7, 11) is 3.26. The van der Waals surface area contributed by atoms with Crippen LogP contribution in [-0.2, 0) is 4.79 Å². The third kappa shape index (κ3) is 1.30. The van der Waals surface area contributed by atoms with Gasteiger partial charge in [-0.3, -0.25) is 0 Å². The first kappa shape index (κ1) is 9.15. The number of rotatable bonds is 3. The van der Waals surface area contributed by atoms with Crippen molar-refractivity contribution in [2.75, 3.05) is 13.6 Å². The van der Waals surface area contributed by atoms with Crippen LogP contribution in [0.2, 0.25) is 0 Å². The summed E-state index contributed by atoms with van der Waals surface area (Å²) in [5, 5.41) is 3.00. The van der Waals surface area contributed by atoms with E-state index in [0.29, 0.717) is 5.92 Å². The molecule has 71 valence electrons. The van der Waals surface area contributed by atoms with Crippen LogP contribution in [0.25, 0.3) is 0 Å². The zero-order chi connectivity index (χ0) is 9.42.